The standard InChI is InChI=1S/C23H28F3N3O/c1-28(15-19-7-9-20(10-8-19)23(24,25)26)17-22(30)27-21-11-13-29(14-12-21)16-18-5-3-2-4-6-18/h2-10,21H,11-17H2,1H3,(H,27,30)/p+2. The van der Waals surface area contributed by atoms with E-state index >= 15 is 0 Å². The van der Waals surface area contributed by atoms with E-state index in [1.807, 2.05) is 13.1 Å². The second-order valence-corrected chi connectivity index (χ2v) is 8.26. The van der Waals surface area contributed by atoms with E-state index in [9.17, 15) is 18.0 Å². The Morgan fingerprint density at radius 1 is 1.03 bits per heavy atom. The van der Waals surface area contributed by atoms with Crippen LogP contribution in [0.2, 0.25) is 0 Å². The number of piperidine rings is 1. The predicted molar refractivity (Wildman–Crippen MR) is 109 cm³/mol. The summed E-state index contributed by atoms with van der Waals surface area (Å²) in [6.07, 6.45) is -2.40. The largest absolute Gasteiger partial charge is 0.416 e. The van der Waals surface area contributed by atoms with E-state index in [1.54, 1.807) is 0 Å². The molecule has 0 radical (unpaired) electrons. The van der Waals surface area contributed by atoms with Crippen LogP contribution in [0.1, 0.15) is 29.5 Å². The Bertz CT molecular complexity index is 801. The number of benzene rings is 2. The quantitative estimate of drug-likeness (QED) is 0.615. The number of halogens is 3. The van der Waals surface area contributed by atoms with Gasteiger partial charge in [0.2, 0.25) is 0 Å². The fourth-order valence-electron chi connectivity index (χ4n) is 4.01. The van der Waals surface area contributed by atoms with E-state index in [4.69, 9.17) is 0 Å². The Kier molecular flexibility index (Phi) is 7.50. The highest BCUT2D eigenvalue weighted by molar-refractivity contribution is 5.77. The molecule has 30 heavy (non-hydrogen) atoms. The van der Waals surface area contributed by atoms with Gasteiger partial charge >= 0.3 is 6.18 Å². The summed E-state index contributed by atoms with van der Waals surface area (Å²) in [7, 11) is 1.88. The third-order valence-electron chi connectivity index (χ3n) is 5.60. The number of quaternary nitrogens is 2. The molecule has 0 aromatic heterocycles. The first-order valence-electron chi connectivity index (χ1n) is 10.4. The van der Waals surface area contributed by atoms with Crippen molar-refractivity contribution in [3.05, 3.63) is 71.3 Å². The SMILES string of the molecule is C[NH+](CC(=O)NC1CC[NH+](Cc2ccccc2)CC1)Cc1ccc(C(F)(F)F)cc1. The summed E-state index contributed by atoms with van der Waals surface area (Å²) in [6, 6.07) is 15.8. The lowest BCUT2D eigenvalue weighted by atomic mass is 10.0. The van der Waals surface area contributed by atoms with Gasteiger partial charge in [-0.3, -0.25) is 4.79 Å². The van der Waals surface area contributed by atoms with E-state index in [2.05, 4.69) is 29.6 Å². The summed E-state index contributed by atoms with van der Waals surface area (Å²) in [6.45, 7) is 3.90. The highest BCUT2D eigenvalue weighted by atomic mass is 19.4. The molecule has 7 heteroatoms. The van der Waals surface area contributed by atoms with Crippen LogP contribution in [0.4, 0.5) is 13.2 Å². The highest BCUT2D eigenvalue weighted by Crippen LogP contribution is 2.28. The Morgan fingerprint density at radius 2 is 1.67 bits per heavy atom. The summed E-state index contributed by atoms with van der Waals surface area (Å²) >= 11 is 0. The van der Waals surface area contributed by atoms with Crippen molar-refractivity contribution in [3.63, 3.8) is 0 Å². The van der Waals surface area contributed by atoms with E-state index in [0.717, 1.165) is 55.1 Å². The summed E-state index contributed by atoms with van der Waals surface area (Å²) < 4.78 is 38.0. The Morgan fingerprint density at radius 3 is 2.27 bits per heavy atom. The number of alkyl halides is 3. The molecule has 1 saturated heterocycles. The zero-order valence-electron chi connectivity index (χ0n) is 17.3. The van der Waals surface area contributed by atoms with Gasteiger partial charge in [0.25, 0.3) is 5.91 Å². The van der Waals surface area contributed by atoms with Crippen molar-refractivity contribution in [3.8, 4) is 0 Å². The molecule has 3 N–H and O–H groups in total. The zero-order chi connectivity index (χ0) is 21.6. The molecule has 1 fully saturated rings. The van der Waals surface area contributed by atoms with Gasteiger partial charge in [-0.2, -0.15) is 13.2 Å². The zero-order valence-corrected chi connectivity index (χ0v) is 17.3. The molecule has 1 aliphatic rings. The highest BCUT2D eigenvalue weighted by Gasteiger charge is 2.30. The maximum atomic E-state index is 12.7. The first-order chi connectivity index (χ1) is 14.3. The van der Waals surface area contributed by atoms with Crippen molar-refractivity contribution in [1.82, 2.24) is 5.32 Å². The molecule has 0 aliphatic carbocycles. The lowest BCUT2D eigenvalue weighted by molar-refractivity contribution is -0.918. The molecule has 3 rings (SSSR count). The number of hydrogen-bond acceptors (Lipinski definition) is 1. The smallest absolute Gasteiger partial charge is 0.348 e. The second kappa shape index (κ2) is 10.1. The van der Waals surface area contributed by atoms with Gasteiger partial charge < -0.3 is 15.1 Å². The Hall–Kier alpha value is -2.38. The van der Waals surface area contributed by atoms with Crippen LogP contribution in [-0.4, -0.2) is 38.6 Å². The van der Waals surface area contributed by atoms with E-state index in [-0.39, 0.29) is 11.9 Å². The fourth-order valence-corrected chi connectivity index (χ4v) is 4.01. The topological polar surface area (TPSA) is 38.0 Å². The first kappa shape index (κ1) is 22.3. The first-order valence-corrected chi connectivity index (χ1v) is 10.4. The average molecular weight is 422 g/mol. The molecule has 1 atom stereocenters. The minimum atomic E-state index is -4.32. The van der Waals surface area contributed by atoms with Crippen LogP contribution in [0.5, 0.6) is 0 Å². The van der Waals surface area contributed by atoms with Crippen LogP contribution in [-0.2, 0) is 24.1 Å². The van der Waals surface area contributed by atoms with Gasteiger partial charge in [0.1, 0.15) is 13.1 Å². The van der Waals surface area contributed by atoms with Gasteiger partial charge in [0.05, 0.1) is 25.7 Å². The molecule has 1 unspecified atom stereocenters. The Balaban J connectivity index is 1.38. The lowest BCUT2D eigenvalue weighted by Gasteiger charge is -2.30. The van der Waals surface area contributed by atoms with Gasteiger partial charge in [-0.15, -0.1) is 0 Å². The molecule has 2 aromatic rings. The molecule has 1 heterocycles. The number of rotatable bonds is 7. The molecule has 0 spiro atoms. The minimum absolute atomic E-state index is 0.00378. The molecule has 2 aromatic carbocycles. The van der Waals surface area contributed by atoms with Crippen LogP contribution in [0.3, 0.4) is 0 Å². The summed E-state index contributed by atoms with van der Waals surface area (Å²) in [5, 5.41) is 3.13. The number of carbonyl (C=O) groups is 1. The normalized spacial score (nSPS) is 20.5. The van der Waals surface area contributed by atoms with Crippen molar-refractivity contribution in [2.75, 3.05) is 26.7 Å². The Labute approximate surface area is 175 Å². The van der Waals surface area contributed by atoms with Crippen molar-refractivity contribution in [2.24, 2.45) is 0 Å². The molecule has 1 amide bonds. The average Bonchev–Trinajstić information content (AvgIpc) is 2.70. The molecule has 0 bridgehead atoms. The van der Waals surface area contributed by atoms with Crippen LogP contribution in [0.25, 0.3) is 0 Å². The van der Waals surface area contributed by atoms with Gasteiger partial charge in [-0.25, -0.2) is 0 Å². The molecule has 4 nitrogen and oxygen atoms in total. The molecule has 1 aliphatic heterocycles. The van der Waals surface area contributed by atoms with Crippen LogP contribution < -0.4 is 15.1 Å². The van der Waals surface area contributed by atoms with Crippen molar-refractivity contribution < 1.29 is 27.8 Å². The van der Waals surface area contributed by atoms with Gasteiger partial charge in [-0.1, -0.05) is 42.5 Å². The predicted octanol–water partition coefficient (Wildman–Crippen LogP) is 1.08. The fraction of sp³-hybridized carbons (Fsp3) is 0.435. The van der Waals surface area contributed by atoms with Crippen molar-refractivity contribution >= 4 is 5.91 Å². The second-order valence-electron chi connectivity index (χ2n) is 8.26. The number of hydrogen-bond donors (Lipinski definition) is 3. The minimum Gasteiger partial charge on any atom is -0.348 e. The number of likely N-dealkylation sites (N-methyl/N-ethyl adjacent to an activating group) is 1. The number of nitrogens with one attached hydrogen (secondary N) is 3. The molecule has 0 saturated carbocycles. The monoisotopic (exact) mass is 421 g/mol. The van der Waals surface area contributed by atoms with E-state index in [1.165, 1.54) is 22.6 Å². The van der Waals surface area contributed by atoms with Crippen LogP contribution in [0.15, 0.2) is 54.6 Å². The third-order valence-corrected chi connectivity index (χ3v) is 5.60. The molecular formula is C23H30F3N3O+2. The van der Waals surface area contributed by atoms with Crippen molar-refractivity contribution in [1.29, 1.82) is 0 Å². The maximum absolute atomic E-state index is 12.7. The maximum Gasteiger partial charge on any atom is 0.416 e. The molecule has 162 valence electrons. The van der Waals surface area contributed by atoms with Crippen LogP contribution >= 0.6 is 0 Å². The molecular weight excluding hydrogens is 391 g/mol. The lowest BCUT2D eigenvalue weighted by Crippen LogP contribution is -3.12. The van der Waals surface area contributed by atoms with Gasteiger partial charge in [-0.05, 0) is 12.1 Å². The van der Waals surface area contributed by atoms with Gasteiger partial charge in [0, 0.05) is 30.0 Å². The van der Waals surface area contributed by atoms with Crippen molar-refractivity contribution in [2.45, 2.75) is 38.1 Å². The number of likely N-dealkylation sites (tertiary alicyclic amines) is 1. The summed E-state index contributed by atoms with van der Waals surface area (Å²) in [4.78, 5) is 14.9. The summed E-state index contributed by atoms with van der Waals surface area (Å²) in [5.74, 6) is -0.00378. The van der Waals surface area contributed by atoms with E-state index in [0.29, 0.717) is 13.1 Å². The van der Waals surface area contributed by atoms with Gasteiger partial charge in [0.15, 0.2) is 6.54 Å². The van der Waals surface area contributed by atoms with E-state index < -0.39 is 11.7 Å². The number of carbonyl (C=O) groups excluding carboxylic acids is 1. The van der Waals surface area contributed by atoms with Crippen LogP contribution in [0, 0.1) is 0 Å². The number of amides is 1. The third kappa shape index (κ3) is 6.85. The summed E-state index contributed by atoms with van der Waals surface area (Å²) in [5.41, 5.74) is 1.47.